The van der Waals surface area contributed by atoms with Gasteiger partial charge in [-0.05, 0) is 60.2 Å². The van der Waals surface area contributed by atoms with Crippen molar-refractivity contribution >= 4 is 17.5 Å². The van der Waals surface area contributed by atoms with E-state index in [0.29, 0.717) is 23.5 Å². The summed E-state index contributed by atoms with van der Waals surface area (Å²) >= 11 is 0. The summed E-state index contributed by atoms with van der Waals surface area (Å²) in [6.07, 6.45) is 0.509. The molecular formula is C28H29N3O5. The van der Waals surface area contributed by atoms with E-state index in [1.807, 2.05) is 48.5 Å². The predicted molar refractivity (Wildman–Crippen MR) is 137 cm³/mol. The number of hydrogen-bond acceptors (Lipinski definition) is 6. The fourth-order valence-electron chi connectivity index (χ4n) is 4.18. The van der Waals surface area contributed by atoms with Gasteiger partial charge in [-0.3, -0.25) is 9.59 Å². The normalized spacial score (nSPS) is 14.7. The van der Waals surface area contributed by atoms with Crippen molar-refractivity contribution in [2.24, 2.45) is 5.10 Å². The molecule has 0 saturated heterocycles. The van der Waals surface area contributed by atoms with Crippen LogP contribution < -0.4 is 14.2 Å². The molecule has 0 unspecified atom stereocenters. The standard InChI is InChI=1S/C28H29N3O5/c1-30(28(33)20-11-15-22(35-3)16-12-20)18-27(32)31-25(23-7-5-6-8-26(23)36-4)17-24(29-31)19-9-13-21(34-2)14-10-19/h5-16,25H,17-18H2,1-4H3/t25-/m1/s1. The summed E-state index contributed by atoms with van der Waals surface area (Å²) in [6.45, 7) is -0.129. The third kappa shape index (κ3) is 5.17. The lowest BCUT2D eigenvalue weighted by molar-refractivity contribution is -0.133. The first-order valence-electron chi connectivity index (χ1n) is 11.5. The van der Waals surface area contributed by atoms with Crippen molar-refractivity contribution in [2.75, 3.05) is 34.9 Å². The summed E-state index contributed by atoms with van der Waals surface area (Å²) in [7, 11) is 6.39. The van der Waals surface area contributed by atoms with Crippen LogP contribution in [0, 0.1) is 0 Å². The number of para-hydroxylation sites is 1. The quantitative estimate of drug-likeness (QED) is 0.477. The zero-order valence-electron chi connectivity index (χ0n) is 20.8. The minimum Gasteiger partial charge on any atom is -0.497 e. The van der Waals surface area contributed by atoms with Crippen molar-refractivity contribution in [1.82, 2.24) is 9.91 Å². The molecule has 2 amide bonds. The van der Waals surface area contributed by atoms with Gasteiger partial charge in [-0.15, -0.1) is 0 Å². The van der Waals surface area contributed by atoms with E-state index in [0.717, 1.165) is 22.6 Å². The predicted octanol–water partition coefficient (Wildman–Crippen LogP) is 4.16. The van der Waals surface area contributed by atoms with E-state index in [1.165, 1.54) is 9.91 Å². The van der Waals surface area contributed by atoms with E-state index < -0.39 is 0 Å². The highest BCUT2D eigenvalue weighted by molar-refractivity contribution is 6.04. The molecule has 1 atom stereocenters. The number of hydrazone groups is 1. The van der Waals surface area contributed by atoms with E-state index in [1.54, 1.807) is 52.6 Å². The maximum absolute atomic E-state index is 13.5. The SMILES string of the molecule is COc1ccc(C(=O)N(C)CC(=O)N2N=C(c3ccc(OC)cc3)C[C@@H]2c2ccccc2OC)cc1. The van der Waals surface area contributed by atoms with Crippen molar-refractivity contribution in [2.45, 2.75) is 12.5 Å². The number of methoxy groups -OCH3 is 3. The Hall–Kier alpha value is -4.33. The molecule has 0 aromatic heterocycles. The molecule has 3 aromatic rings. The number of amides is 2. The van der Waals surface area contributed by atoms with Gasteiger partial charge in [-0.25, -0.2) is 5.01 Å². The Bertz CT molecular complexity index is 1250. The van der Waals surface area contributed by atoms with Crippen LogP contribution in [-0.4, -0.2) is 62.4 Å². The van der Waals surface area contributed by atoms with Crippen molar-refractivity contribution in [3.63, 3.8) is 0 Å². The molecule has 186 valence electrons. The molecule has 0 N–H and O–H groups in total. The van der Waals surface area contributed by atoms with Crippen molar-refractivity contribution < 1.29 is 23.8 Å². The third-order valence-corrected chi connectivity index (χ3v) is 6.14. The molecule has 36 heavy (non-hydrogen) atoms. The molecule has 0 aliphatic carbocycles. The average molecular weight is 488 g/mol. The molecule has 0 radical (unpaired) electrons. The summed E-state index contributed by atoms with van der Waals surface area (Å²) in [6, 6.07) is 21.6. The Kier molecular flexibility index (Phi) is 7.53. The van der Waals surface area contributed by atoms with Crippen LogP contribution in [0.3, 0.4) is 0 Å². The highest BCUT2D eigenvalue weighted by atomic mass is 16.5. The maximum atomic E-state index is 13.5. The lowest BCUT2D eigenvalue weighted by atomic mass is 9.97. The molecule has 4 rings (SSSR count). The van der Waals surface area contributed by atoms with Crippen LogP contribution in [-0.2, 0) is 4.79 Å². The van der Waals surface area contributed by atoms with E-state index in [9.17, 15) is 9.59 Å². The number of hydrogen-bond donors (Lipinski definition) is 0. The number of nitrogens with zero attached hydrogens (tertiary/aromatic N) is 3. The molecule has 1 aliphatic rings. The summed E-state index contributed by atoms with van der Waals surface area (Å²) < 4.78 is 16.0. The van der Waals surface area contributed by atoms with Gasteiger partial charge < -0.3 is 19.1 Å². The highest BCUT2D eigenvalue weighted by Crippen LogP contribution is 2.37. The molecule has 0 saturated carbocycles. The molecule has 0 spiro atoms. The summed E-state index contributed by atoms with van der Waals surface area (Å²) in [5.41, 5.74) is 2.99. The van der Waals surface area contributed by atoms with Crippen LogP contribution in [0.25, 0.3) is 0 Å². The number of ether oxygens (including phenoxy) is 3. The number of rotatable bonds is 8. The monoisotopic (exact) mass is 487 g/mol. The van der Waals surface area contributed by atoms with Crippen molar-refractivity contribution in [1.29, 1.82) is 0 Å². The molecule has 8 nitrogen and oxygen atoms in total. The van der Waals surface area contributed by atoms with Gasteiger partial charge in [0.2, 0.25) is 0 Å². The zero-order chi connectivity index (χ0) is 25.7. The largest absolute Gasteiger partial charge is 0.497 e. The average Bonchev–Trinajstić information content (AvgIpc) is 3.38. The molecular weight excluding hydrogens is 458 g/mol. The first-order chi connectivity index (χ1) is 17.4. The second-order valence-electron chi connectivity index (χ2n) is 8.37. The van der Waals surface area contributed by atoms with Gasteiger partial charge in [0.25, 0.3) is 11.8 Å². The van der Waals surface area contributed by atoms with Gasteiger partial charge in [0.05, 0.1) is 33.1 Å². The maximum Gasteiger partial charge on any atom is 0.262 e. The number of benzene rings is 3. The van der Waals surface area contributed by atoms with Crippen LogP contribution in [0.2, 0.25) is 0 Å². The van der Waals surface area contributed by atoms with Gasteiger partial charge in [-0.2, -0.15) is 5.10 Å². The smallest absolute Gasteiger partial charge is 0.262 e. The number of likely N-dealkylation sites (N-methyl/N-ethyl adjacent to an activating group) is 1. The number of carbonyl (C=O) groups is 2. The third-order valence-electron chi connectivity index (χ3n) is 6.14. The van der Waals surface area contributed by atoms with Gasteiger partial charge >= 0.3 is 0 Å². The minimum atomic E-state index is -0.366. The number of carbonyl (C=O) groups excluding carboxylic acids is 2. The zero-order valence-corrected chi connectivity index (χ0v) is 20.8. The van der Waals surface area contributed by atoms with E-state index in [-0.39, 0.29) is 24.4 Å². The van der Waals surface area contributed by atoms with Gasteiger partial charge in [0.1, 0.15) is 23.8 Å². The summed E-state index contributed by atoms with van der Waals surface area (Å²) in [4.78, 5) is 27.8. The van der Waals surface area contributed by atoms with Crippen LogP contribution in [0.5, 0.6) is 17.2 Å². The Morgan fingerprint density at radius 3 is 2.11 bits per heavy atom. The van der Waals surface area contributed by atoms with Crippen molar-refractivity contribution in [3.05, 3.63) is 89.5 Å². The van der Waals surface area contributed by atoms with Crippen LogP contribution in [0.4, 0.5) is 0 Å². The molecule has 3 aromatic carbocycles. The minimum absolute atomic E-state index is 0.129. The summed E-state index contributed by atoms with van der Waals surface area (Å²) in [5.74, 6) is 1.51. The summed E-state index contributed by atoms with van der Waals surface area (Å²) in [5, 5.41) is 6.17. The van der Waals surface area contributed by atoms with Crippen LogP contribution in [0.15, 0.2) is 77.9 Å². The lowest BCUT2D eigenvalue weighted by Gasteiger charge is -2.26. The van der Waals surface area contributed by atoms with Crippen LogP contribution in [0.1, 0.15) is 33.9 Å². The van der Waals surface area contributed by atoms with E-state index in [2.05, 4.69) is 0 Å². The second kappa shape index (κ2) is 10.9. The molecule has 0 bridgehead atoms. The Balaban J connectivity index is 1.60. The second-order valence-corrected chi connectivity index (χ2v) is 8.37. The molecule has 1 aliphatic heterocycles. The van der Waals surface area contributed by atoms with Gasteiger partial charge in [-0.1, -0.05) is 18.2 Å². The molecule has 8 heteroatoms. The van der Waals surface area contributed by atoms with Gasteiger partial charge in [0.15, 0.2) is 0 Å². The van der Waals surface area contributed by atoms with Gasteiger partial charge in [0, 0.05) is 24.6 Å². The van der Waals surface area contributed by atoms with Crippen LogP contribution >= 0.6 is 0 Å². The fraction of sp³-hybridized carbons (Fsp3) is 0.250. The Labute approximate surface area is 210 Å². The Morgan fingerprint density at radius 2 is 1.50 bits per heavy atom. The molecule has 0 fully saturated rings. The van der Waals surface area contributed by atoms with E-state index in [4.69, 9.17) is 19.3 Å². The van der Waals surface area contributed by atoms with E-state index >= 15 is 0 Å². The van der Waals surface area contributed by atoms with Crippen molar-refractivity contribution in [3.8, 4) is 17.2 Å². The molecule has 1 heterocycles. The first kappa shape index (κ1) is 24.8. The highest BCUT2D eigenvalue weighted by Gasteiger charge is 2.35. The lowest BCUT2D eigenvalue weighted by Crippen LogP contribution is -2.39. The first-order valence-corrected chi connectivity index (χ1v) is 11.5. The fourth-order valence-corrected chi connectivity index (χ4v) is 4.18. The topological polar surface area (TPSA) is 80.7 Å². The Morgan fingerprint density at radius 1 is 0.889 bits per heavy atom.